The number of benzene rings is 1. The lowest BCUT2D eigenvalue weighted by Gasteiger charge is -2.14. The number of carbonyl (C=O) groups excluding carboxylic acids is 2. The second kappa shape index (κ2) is 4.26. The summed E-state index contributed by atoms with van der Waals surface area (Å²) in [6, 6.07) is 0. The van der Waals surface area contributed by atoms with Gasteiger partial charge in [-0.15, -0.1) is 0 Å². The first-order valence-corrected chi connectivity index (χ1v) is 6.21. The first kappa shape index (κ1) is 12.0. The highest BCUT2D eigenvalue weighted by Crippen LogP contribution is 2.44. The number of hydrogen-bond acceptors (Lipinski definition) is 5. The van der Waals surface area contributed by atoms with E-state index < -0.39 is 5.97 Å². The summed E-state index contributed by atoms with van der Waals surface area (Å²) < 4.78 is 16.0. The van der Waals surface area contributed by atoms with Gasteiger partial charge >= 0.3 is 5.97 Å². The standard InChI is InChI=1S/C14H14O5/c1-7(15)10-8-3-5-19-13(8)11(14(16)17-2)9-4-6-18-12(9)10/h3-6H2,1-2H3. The topological polar surface area (TPSA) is 61.8 Å². The van der Waals surface area contributed by atoms with Crippen molar-refractivity contribution >= 4 is 11.8 Å². The molecule has 0 saturated carbocycles. The second-order valence-corrected chi connectivity index (χ2v) is 4.61. The van der Waals surface area contributed by atoms with Crippen molar-refractivity contribution in [2.45, 2.75) is 19.8 Å². The van der Waals surface area contributed by atoms with Crippen molar-refractivity contribution in [2.24, 2.45) is 0 Å². The van der Waals surface area contributed by atoms with Crippen LogP contribution in [-0.2, 0) is 17.6 Å². The van der Waals surface area contributed by atoms with Gasteiger partial charge in [0, 0.05) is 24.0 Å². The van der Waals surface area contributed by atoms with Crippen LogP contribution < -0.4 is 9.47 Å². The highest BCUT2D eigenvalue weighted by molar-refractivity contribution is 6.04. The summed E-state index contributed by atoms with van der Waals surface area (Å²) in [5.41, 5.74) is 2.49. The molecule has 0 aliphatic carbocycles. The van der Waals surface area contributed by atoms with Gasteiger partial charge in [-0.25, -0.2) is 4.79 Å². The largest absolute Gasteiger partial charge is 0.492 e. The molecule has 0 fully saturated rings. The van der Waals surface area contributed by atoms with Crippen molar-refractivity contribution in [1.82, 2.24) is 0 Å². The summed E-state index contributed by atoms with van der Waals surface area (Å²) in [4.78, 5) is 23.8. The Kier molecular flexibility index (Phi) is 2.69. The van der Waals surface area contributed by atoms with E-state index in [2.05, 4.69) is 0 Å². The fraction of sp³-hybridized carbons (Fsp3) is 0.429. The van der Waals surface area contributed by atoms with Gasteiger partial charge in [0.2, 0.25) is 0 Å². The molecule has 100 valence electrons. The Hall–Kier alpha value is -2.04. The Bertz CT molecular complexity index is 553. The maximum Gasteiger partial charge on any atom is 0.342 e. The van der Waals surface area contributed by atoms with Crippen LogP contribution in [0, 0.1) is 0 Å². The van der Waals surface area contributed by atoms with Gasteiger partial charge in [-0.1, -0.05) is 0 Å². The van der Waals surface area contributed by atoms with E-state index in [4.69, 9.17) is 14.2 Å². The highest BCUT2D eigenvalue weighted by atomic mass is 16.5. The SMILES string of the molecule is COC(=O)c1c2c(c(C(C)=O)c3c1OCC3)OCC2. The Morgan fingerprint density at radius 2 is 1.53 bits per heavy atom. The second-order valence-electron chi connectivity index (χ2n) is 4.61. The zero-order chi connectivity index (χ0) is 13.6. The third-order valence-corrected chi connectivity index (χ3v) is 3.54. The molecular formula is C14H14O5. The molecule has 0 unspecified atom stereocenters. The molecule has 1 aromatic rings. The number of hydrogen-bond donors (Lipinski definition) is 0. The van der Waals surface area contributed by atoms with Gasteiger partial charge in [-0.3, -0.25) is 4.79 Å². The number of carbonyl (C=O) groups is 2. The molecule has 19 heavy (non-hydrogen) atoms. The van der Waals surface area contributed by atoms with Gasteiger partial charge in [-0.2, -0.15) is 0 Å². The quantitative estimate of drug-likeness (QED) is 0.597. The van der Waals surface area contributed by atoms with Crippen LogP contribution in [0.3, 0.4) is 0 Å². The van der Waals surface area contributed by atoms with Crippen LogP contribution in [0.2, 0.25) is 0 Å². The van der Waals surface area contributed by atoms with E-state index in [1.807, 2.05) is 0 Å². The molecule has 0 atom stereocenters. The maximum atomic E-state index is 12.0. The zero-order valence-electron chi connectivity index (χ0n) is 10.9. The van der Waals surface area contributed by atoms with Crippen LogP contribution in [0.4, 0.5) is 0 Å². The molecule has 5 heteroatoms. The first-order valence-electron chi connectivity index (χ1n) is 6.21. The average molecular weight is 262 g/mol. The summed E-state index contributed by atoms with van der Waals surface area (Å²) in [6.45, 7) is 2.46. The predicted octanol–water partition coefficient (Wildman–Crippen LogP) is 1.55. The lowest BCUT2D eigenvalue weighted by molar-refractivity contribution is 0.0595. The molecule has 2 heterocycles. The van der Waals surface area contributed by atoms with Crippen LogP contribution in [0.15, 0.2) is 0 Å². The number of Topliss-reactive ketones (excluding diaryl/α,β-unsaturated/α-hetero) is 1. The highest BCUT2D eigenvalue weighted by Gasteiger charge is 2.35. The number of rotatable bonds is 2. The number of methoxy groups -OCH3 is 1. The zero-order valence-corrected chi connectivity index (χ0v) is 10.9. The van der Waals surface area contributed by atoms with Gasteiger partial charge in [0.05, 0.1) is 25.9 Å². The molecule has 0 saturated heterocycles. The summed E-state index contributed by atoms with van der Waals surface area (Å²) in [5.74, 6) is 0.546. The van der Waals surface area contributed by atoms with Crippen molar-refractivity contribution in [3.8, 4) is 11.5 Å². The Morgan fingerprint density at radius 1 is 1.00 bits per heavy atom. The van der Waals surface area contributed by atoms with Crippen molar-refractivity contribution in [2.75, 3.05) is 20.3 Å². The normalized spacial score (nSPS) is 15.3. The Labute approximate surface area is 110 Å². The molecule has 0 spiro atoms. The summed E-state index contributed by atoms with van der Waals surface area (Å²) in [6.07, 6.45) is 1.21. The Balaban J connectivity index is 2.34. The first-order chi connectivity index (χ1) is 9.15. The smallest absolute Gasteiger partial charge is 0.342 e. The van der Waals surface area contributed by atoms with E-state index in [1.165, 1.54) is 14.0 Å². The van der Waals surface area contributed by atoms with E-state index >= 15 is 0 Å². The van der Waals surface area contributed by atoms with Gasteiger partial charge in [0.15, 0.2) is 5.78 Å². The summed E-state index contributed by atoms with van der Waals surface area (Å²) in [7, 11) is 1.34. The van der Waals surface area contributed by atoms with Crippen molar-refractivity contribution in [1.29, 1.82) is 0 Å². The fourth-order valence-corrected chi connectivity index (χ4v) is 2.80. The minimum absolute atomic E-state index is 0.0590. The molecule has 0 radical (unpaired) electrons. The molecule has 2 aliphatic heterocycles. The molecule has 2 aliphatic rings. The number of ketones is 1. The lowest BCUT2D eigenvalue weighted by Crippen LogP contribution is -2.10. The maximum absolute atomic E-state index is 12.0. The van der Waals surface area contributed by atoms with Crippen LogP contribution in [-0.4, -0.2) is 32.1 Å². The van der Waals surface area contributed by atoms with E-state index in [-0.39, 0.29) is 5.78 Å². The van der Waals surface area contributed by atoms with E-state index in [0.717, 1.165) is 11.1 Å². The molecule has 0 aromatic heterocycles. The minimum atomic E-state index is -0.435. The Morgan fingerprint density at radius 3 is 2.05 bits per heavy atom. The van der Waals surface area contributed by atoms with Crippen LogP contribution in [0.1, 0.15) is 38.8 Å². The molecule has 0 N–H and O–H groups in total. The minimum Gasteiger partial charge on any atom is -0.492 e. The number of ether oxygens (including phenoxy) is 3. The van der Waals surface area contributed by atoms with Crippen molar-refractivity contribution in [3.05, 3.63) is 22.3 Å². The number of fused-ring (bicyclic) bond motifs is 2. The molecule has 0 amide bonds. The monoisotopic (exact) mass is 262 g/mol. The van der Waals surface area contributed by atoms with Gasteiger partial charge in [0.1, 0.15) is 17.1 Å². The number of esters is 1. The van der Waals surface area contributed by atoms with Crippen molar-refractivity contribution < 1.29 is 23.8 Å². The van der Waals surface area contributed by atoms with E-state index in [1.54, 1.807) is 0 Å². The lowest BCUT2D eigenvalue weighted by atomic mass is 9.92. The fourth-order valence-electron chi connectivity index (χ4n) is 2.80. The predicted molar refractivity (Wildman–Crippen MR) is 66.2 cm³/mol. The van der Waals surface area contributed by atoms with Gasteiger partial charge < -0.3 is 14.2 Å². The third-order valence-electron chi connectivity index (χ3n) is 3.54. The van der Waals surface area contributed by atoms with Crippen LogP contribution >= 0.6 is 0 Å². The molecule has 3 rings (SSSR count). The van der Waals surface area contributed by atoms with Crippen LogP contribution in [0.25, 0.3) is 0 Å². The van der Waals surface area contributed by atoms with Crippen LogP contribution in [0.5, 0.6) is 11.5 Å². The third kappa shape index (κ3) is 1.61. The van der Waals surface area contributed by atoms with Gasteiger partial charge in [-0.05, 0) is 6.92 Å². The van der Waals surface area contributed by atoms with E-state index in [9.17, 15) is 9.59 Å². The average Bonchev–Trinajstić information content (AvgIpc) is 3.02. The molecular weight excluding hydrogens is 248 g/mol. The van der Waals surface area contributed by atoms with Crippen molar-refractivity contribution in [3.63, 3.8) is 0 Å². The molecule has 1 aromatic carbocycles. The van der Waals surface area contributed by atoms with E-state index in [0.29, 0.717) is 48.7 Å². The summed E-state index contributed by atoms with van der Waals surface area (Å²) >= 11 is 0. The van der Waals surface area contributed by atoms with Gasteiger partial charge in [0.25, 0.3) is 0 Å². The molecule has 0 bridgehead atoms. The summed E-state index contributed by atoms with van der Waals surface area (Å²) in [5, 5.41) is 0. The molecule has 5 nitrogen and oxygen atoms in total.